The smallest absolute Gasteiger partial charge is 0.227 e. The van der Waals surface area contributed by atoms with Crippen LogP contribution in [0.15, 0.2) is 24.5 Å². The molecule has 0 saturated heterocycles. The topological polar surface area (TPSA) is 49.6 Å². The highest BCUT2D eigenvalue weighted by molar-refractivity contribution is 5.63. The molecule has 0 N–H and O–H groups in total. The molecule has 0 spiro atoms. The third kappa shape index (κ3) is 2.11. The first-order valence-electron chi connectivity index (χ1n) is 4.80. The summed E-state index contributed by atoms with van der Waals surface area (Å²) in [6, 6.07) is 4.20. The molecule has 1 aromatic heterocycles. The number of nitriles is 1. The molecule has 0 saturated carbocycles. The van der Waals surface area contributed by atoms with Crippen molar-refractivity contribution in [2.45, 2.75) is 6.92 Å². The van der Waals surface area contributed by atoms with Gasteiger partial charge in [0.15, 0.2) is 0 Å². The van der Waals surface area contributed by atoms with Crippen LogP contribution in [0, 0.1) is 29.9 Å². The number of hydrogen-bond donors (Lipinski definition) is 0. The normalized spacial score (nSPS) is 10.0. The van der Waals surface area contributed by atoms with Gasteiger partial charge in [-0.3, -0.25) is 0 Å². The monoisotopic (exact) mass is 231 g/mol. The Hall–Kier alpha value is -2.35. The SMILES string of the molecule is Cc1cc(F)c(-c2cnc(C#N)nc2)c(F)c1. The Labute approximate surface area is 96.4 Å². The highest BCUT2D eigenvalue weighted by atomic mass is 19.1. The van der Waals surface area contributed by atoms with Crippen LogP contribution in [-0.2, 0) is 0 Å². The standard InChI is InChI=1S/C12H7F2N3/c1-7-2-9(13)12(10(14)3-7)8-5-16-11(4-15)17-6-8/h2-3,5-6H,1H3. The van der Waals surface area contributed by atoms with Crippen molar-refractivity contribution in [3.05, 3.63) is 47.5 Å². The van der Waals surface area contributed by atoms with Crippen LogP contribution in [0.1, 0.15) is 11.4 Å². The molecule has 17 heavy (non-hydrogen) atoms. The molecule has 0 atom stereocenters. The van der Waals surface area contributed by atoms with E-state index in [2.05, 4.69) is 9.97 Å². The van der Waals surface area contributed by atoms with Gasteiger partial charge >= 0.3 is 0 Å². The Morgan fingerprint density at radius 2 is 1.65 bits per heavy atom. The maximum Gasteiger partial charge on any atom is 0.232 e. The van der Waals surface area contributed by atoms with Crippen molar-refractivity contribution >= 4 is 0 Å². The molecule has 84 valence electrons. The summed E-state index contributed by atoms with van der Waals surface area (Å²) in [5.41, 5.74) is 0.525. The van der Waals surface area contributed by atoms with Crippen LogP contribution in [0.25, 0.3) is 11.1 Å². The van der Waals surface area contributed by atoms with Crippen molar-refractivity contribution in [2.75, 3.05) is 0 Å². The summed E-state index contributed by atoms with van der Waals surface area (Å²) in [7, 11) is 0. The molecule has 0 aliphatic carbocycles. The van der Waals surface area contributed by atoms with E-state index in [9.17, 15) is 8.78 Å². The van der Waals surface area contributed by atoms with Gasteiger partial charge < -0.3 is 0 Å². The molecule has 1 heterocycles. The van der Waals surface area contributed by atoms with E-state index in [1.165, 1.54) is 24.5 Å². The second-order valence-corrected chi connectivity index (χ2v) is 3.51. The summed E-state index contributed by atoms with van der Waals surface area (Å²) in [6.07, 6.45) is 2.45. The minimum Gasteiger partial charge on any atom is -0.227 e. The van der Waals surface area contributed by atoms with E-state index < -0.39 is 11.6 Å². The predicted octanol–water partition coefficient (Wildman–Crippen LogP) is 2.60. The van der Waals surface area contributed by atoms with Gasteiger partial charge in [0.25, 0.3) is 0 Å². The molecule has 0 unspecified atom stereocenters. The average molecular weight is 231 g/mol. The van der Waals surface area contributed by atoms with Crippen molar-refractivity contribution in [3.63, 3.8) is 0 Å². The molecule has 0 radical (unpaired) electrons. The molecule has 0 aliphatic rings. The second kappa shape index (κ2) is 4.26. The number of aromatic nitrogens is 2. The van der Waals surface area contributed by atoms with Crippen molar-refractivity contribution in [2.24, 2.45) is 0 Å². The highest BCUT2D eigenvalue weighted by Gasteiger charge is 2.13. The molecule has 0 amide bonds. The summed E-state index contributed by atoms with van der Waals surface area (Å²) < 4.78 is 27.2. The van der Waals surface area contributed by atoms with Crippen LogP contribution in [0.2, 0.25) is 0 Å². The number of benzene rings is 1. The van der Waals surface area contributed by atoms with Gasteiger partial charge in [0.1, 0.15) is 17.7 Å². The molecule has 0 bridgehead atoms. The summed E-state index contributed by atoms with van der Waals surface area (Å²) in [6.45, 7) is 1.60. The lowest BCUT2D eigenvalue weighted by molar-refractivity contribution is 0.587. The van der Waals surface area contributed by atoms with Crippen LogP contribution in [-0.4, -0.2) is 9.97 Å². The van der Waals surface area contributed by atoms with Gasteiger partial charge in [0.2, 0.25) is 5.82 Å². The molecule has 0 aliphatic heterocycles. The predicted molar refractivity (Wildman–Crippen MR) is 56.8 cm³/mol. The zero-order valence-electron chi connectivity index (χ0n) is 8.91. The fourth-order valence-electron chi connectivity index (χ4n) is 1.49. The van der Waals surface area contributed by atoms with E-state index >= 15 is 0 Å². The summed E-state index contributed by atoms with van der Waals surface area (Å²) in [4.78, 5) is 7.35. The lowest BCUT2D eigenvalue weighted by Crippen LogP contribution is -1.95. The zero-order valence-corrected chi connectivity index (χ0v) is 8.91. The number of hydrogen-bond acceptors (Lipinski definition) is 3. The molecule has 5 heteroatoms. The Kier molecular flexibility index (Phi) is 2.79. The average Bonchev–Trinajstić information content (AvgIpc) is 2.28. The molecular weight excluding hydrogens is 224 g/mol. The summed E-state index contributed by atoms with van der Waals surface area (Å²) in [5, 5.41) is 8.52. The van der Waals surface area contributed by atoms with Gasteiger partial charge in [0.05, 0.1) is 5.56 Å². The van der Waals surface area contributed by atoms with E-state index in [-0.39, 0.29) is 17.0 Å². The van der Waals surface area contributed by atoms with Crippen molar-refractivity contribution < 1.29 is 8.78 Å². The maximum atomic E-state index is 13.6. The lowest BCUT2D eigenvalue weighted by Gasteiger charge is -2.05. The van der Waals surface area contributed by atoms with Crippen molar-refractivity contribution in [3.8, 4) is 17.2 Å². The van der Waals surface area contributed by atoms with E-state index in [1.54, 1.807) is 13.0 Å². The first-order valence-corrected chi connectivity index (χ1v) is 4.80. The van der Waals surface area contributed by atoms with Gasteiger partial charge in [-0.25, -0.2) is 18.7 Å². The Balaban J connectivity index is 2.57. The van der Waals surface area contributed by atoms with Gasteiger partial charge in [-0.1, -0.05) is 0 Å². The van der Waals surface area contributed by atoms with Gasteiger partial charge in [-0.05, 0) is 24.6 Å². The molecule has 2 rings (SSSR count). The molecule has 3 nitrogen and oxygen atoms in total. The maximum absolute atomic E-state index is 13.6. The molecule has 1 aromatic carbocycles. The lowest BCUT2D eigenvalue weighted by atomic mass is 10.1. The van der Waals surface area contributed by atoms with Gasteiger partial charge in [-0.2, -0.15) is 5.26 Å². The fraction of sp³-hybridized carbons (Fsp3) is 0.0833. The third-order valence-corrected chi connectivity index (χ3v) is 2.23. The second-order valence-electron chi connectivity index (χ2n) is 3.51. The van der Waals surface area contributed by atoms with Gasteiger partial charge in [0, 0.05) is 18.0 Å². The van der Waals surface area contributed by atoms with Gasteiger partial charge in [-0.15, -0.1) is 0 Å². The first kappa shape index (κ1) is 11.1. The van der Waals surface area contributed by atoms with Crippen LogP contribution in [0.5, 0.6) is 0 Å². The number of halogens is 2. The Morgan fingerprint density at radius 1 is 1.12 bits per heavy atom. The molecule has 2 aromatic rings. The number of nitrogens with zero attached hydrogens (tertiary/aromatic N) is 3. The van der Waals surface area contributed by atoms with Crippen LogP contribution in [0.3, 0.4) is 0 Å². The van der Waals surface area contributed by atoms with Crippen LogP contribution in [0.4, 0.5) is 8.78 Å². The summed E-state index contributed by atoms with van der Waals surface area (Å²) >= 11 is 0. The number of rotatable bonds is 1. The fourth-order valence-corrected chi connectivity index (χ4v) is 1.49. The Morgan fingerprint density at radius 3 is 2.12 bits per heavy atom. The minimum absolute atomic E-state index is 0.0401. The largest absolute Gasteiger partial charge is 0.232 e. The van der Waals surface area contributed by atoms with E-state index in [1.807, 2.05) is 0 Å². The quantitative estimate of drug-likeness (QED) is 0.757. The zero-order chi connectivity index (χ0) is 12.4. The third-order valence-electron chi connectivity index (χ3n) is 2.23. The van der Waals surface area contributed by atoms with E-state index in [0.29, 0.717) is 5.56 Å². The molecule has 0 fully saturated rings. The highest BCUT2D eigenvalue weighted by Crippen LogP contribution is 2.25. The van der Waals surface area contributed by atoms with E-state index in [4.69, 9.17) is 5.26 Å². The first-order chi connectivity index (χ1) is 8.11. The van der Waals surface area contributed by atoms with Crippen LogP contribution < -0.4 is 0 Å². The van der Waals surface area contributed by atoms with Crippen molar-refractivity contribution in [1.82, 2.24) is 9.97 Å². The number of aryl methyl sites for hydroxylation is 1. The van der Waals surface area contributed by atoms with Crippen molar-refractivity contribution in [1.29, 1.82) is 5.26 Å². The van der Waals surface area contributed by atoms with E-state index in [0.717, 1.165) is 0 Å². The minimum atomic E-state index is -0.671. The molecular formula is C12H7F2N3. The summed E-state index contributed by atoms with van der Waals surface area (Å²) in [5.74, 6) is -1.38. The van der Waals surface area contributed by atoms with Crippen LogP contribution >= 0.6 is 0 Å². The Bertz CT molecular complexity index is 577.